The average molecular weight is 447 g/mol. The quantitative estimate of drug-likeness (QED) is 0.444. The summed E-state index contributed by atoms with van der Waals surface area (Å²) in [6.07, 6.45) is 0. The van der Waals surface area contributed by atoms with E-state index in [0.717, 1.165) is 24.3 Å². The number of methoxy groups -OCH3 is 1. The highest BCUT2D eigenvalue weighted by molar-refractivity contribution is 7.91. The molecule has 0 aliphatic rings. The van der Waals surface area contributed by atoms with Crippen LogP contribution in [0.5, 0.6) is 5.75 Å². The zero-order valence-corrected chi connectivity index (χ0v) is 17.1. The molecular weight excluding hydrogens is 432 g/mol. The first-order valence-electron chi connectivity index (χ1n) is 8.47. The molecule has 0 aromatic heterocycles. The standard InChI is InChI=1S/C20H15ClN2O6S/c1-29-18-5-3-2-4-17(18)22-20(24)16-12-13(21)6-11-19(16)30(27,28)15-9-7-14(8-10-15)23(25)26/h2-12H,1H3,(H,22,24). The first-order chi connectivity index (χ1) is 14.2. The van der Waals surface area contributed by atoms with Crippen molar-refractivity contribution in [1.82, 2.24) is 0 Å². The molecule has 1 N–H and O–H groups in total. The van der Waals surface area contributed by atoms with Gasteiger partial charge >= 0.3 is 0 Å². The Bertz CT molecular complexity index is 1230. The lowest BCUT2D eigenvalue weighted by atomic mass is 10.2. The molecule has 3 aromatic carbocycles. The Morgan fingerprint density at radius 3 is 2.37 bits per heavy atom. The molecule has 30 heavy (non-hydrogen) atoms. The first-order valence-corrected chi connectivity index (χ1v) is 10.3. The Balaban J connectivity index is 2.04. The second-order valence-electron chi connectivity index (χ2n) is 6.05. The van der Waals surface area contributed by atoms with Crippen molar-refractivity contribution in [3.63, 3.8) is 0 Å². The number of nitro benzene ring substituents is 1. The lowest BCUT2D eigenvalue weighted by molar-refractivity contribution is -0.384. The molecule has 3 rings (SSSR count). The predicted molar refractivity (Wildman–Crippen MR) is 111 cm³/mol. The van der Waals surface area contributed by atoms with Crippen molar-refractivity contribution in [2.24, 2.45) is 0 Å². The number of sulfone groups is 1. The molecule has 10 heteroatoms. The second kappa shape index (κ2) is 8.52. The normalized spacial score (nSPS) is 11.0. The number of carbonyl (C=O) groups is 1. The van der Waals surface area contributed by atoms with Crippen LogP contribution < -0.4 is 10.1 Å². The van der Waals surface area contributed by atoms with Crippen molar-refractivity contribution >= 4 is 38.7 Å². The zero-order chi connectivity index (χ0) is 21.9. The van der Waals surface area contributed by atoms with Gasteiger partial charge in [-0.15, -0.1) is 0 Å². The van der Waals surface area contributed by atoms with Crippen LogP contribution in [0.25, 0.3) is 0 Å². The molecule has 0 atom stereocenters. The molecule has 0 heterocycles. The van der Waals surface area contributed by atoms with Crippen molar-refractivity contribution in [3.05, 3.63) is 87.4 Å². The van der Waals surface area contributed by atoms with Crippen LogP contribution in [-0.4, -0.2) is 26.4 Å². The summed E-state index contributed by atoms with van der Waals surface area (Å²) in [6, 6.07) is 14.8. The molecule has 0 saturated carbocycles. The van der Waals surface area contributed by atoms with E-state index in [1.165, 1.54) is 25.3 Å². The maximum atomic E-state index is 13.1. The Labute approximate surface area is 177 Å². The van der Waals surface area contributed by atoms with Gasteiger partial charge in [0.15, 0.2) is 0 Å². The molecule has 154 valence electrons. The van der Waals surface area contributed by atoms with E-state index in [1.807, 2.05) is 0 Å². The van der Waals surface area contributed by atoms with Crippen molar-refractivity contribution < 1.29 is 22.9 Å². The molecular formula is C20H15ClN2O6S. The van der Waals surface area contributed by atoms with Gasteiger partial charge in [-0.25, -0.2) is 8.42 Å². The number of carbonyl (C=O) groups excluding carboxylic acids is 1. The molecule has 3 aromatic rings. The van der Waals surface area contributed by atoms with E-state index in [1.54, 1.807) is 24.3 Å². The van der Waals surface area contributed by atoms with Crippen LogP contribution in [0.2, 0.25) is 5.02 Å². The fourth-order valence-corrected chi connectivity index (χ4v) is 4.33. The highest BCUT2D eigenvalue weighted by atomic mass is 35.5. The first kappa shape index (κ1) is 21.3. The van der Waals surface area contributed by atoms with Gasteiger partial charge in [-0.1, -0.05) is 23.7 Å². The molecule has 0 saturated heterocycles. The Morgan fingerprint density at radius 1 is 1.07 bits per heavy atom. The average Bonchev–Trinajstić information content (AvgIpc) is 2.73. The summed E-state index contributed by atoms with van der Waals surface area (Å²) < 4.78 is 31.4. The van der Waals surface area contributed by atoms with Crippen LogP contribution in [0, 0.1) is 10.1 Å². The van der Waals surface area contributed by atoms with Gasteiger partial charge in [-0.05, 0) is 42.5 Å². The number of ether oxygens (including phenoxy) is 1. The fourth-order valence-electron chi connectivity index (χ4n) is 2.73. The van der Waals surface area contributed by atoms with Crippen molar-refractivity contribution in [3.8, 4) is 5.75 Å². The molecule has 0 aliphatic heterocycles. The maximum Gasteiger partial charge on any atom is 0.269 e. The molecule has 8 nitrogen and oxygen atoms in total. The van der Waals surface area contributed by atoms with Crippen LogP contribution in [-0.2, 0) is 9.84 Å². The Hall–Kier alpha value is -3.43. The van der Waals surface area contributed by atoms with E-state index < -0.39 is 20.7 Å². The monoisotopic (exact) mass is 446 g/mol. The largest absolute Gasteiger partial charge is 0.495 e. The van der Waals surface area contributed by atoms with Gasteiger partial charge in [0, 0.05) is 17.2 Å². The smallest absolute Gasteiger partial charge is 0.269 e. The molecule has 1 amide bonds. The lowest BCUT2D eigenvalue weighted by Crippen LogP contribution is -2.17. The number of nitro groups is 1. The van der Waals surface area contributed by atoms with Crippen molar-refractivity contribution in [2.45, 2.75) is 9.79 Å². The number of non-ortho nitro benzene ring substituents is 1. The van der Waals surface area contributed by atoms with Crippen LogP contribution in [0.3, 0.4) is 0 Å². The fraction of sp³-hybridized carbons (Fsp3) is 0.0500. The number of nitrogens with zero attached hydrogens (tertiary/aromatic N) is 1. The van der Waals surface area contributed by atoms with Crippen LogP contribution >= 0.6 is 11.6 Å². The van der Waals surface area contributed by atoms with Crippen LogP contribution in [0.4, 0.5) is 11.4 Å². The summed E-state index contributed by atoms with van der Waals surface area (Å²) in [5.41, 5.74) is -0.0744. The van der Waals surface area contributed by atoms with Crippen molar-refractivity contribution in [1.29, 1.82) is 0 Å². The van der Waals surface area contributed by atoms with Gasteiger partial charge in [0.25, 0.3) is 11.6 Å². The molecule has 0 bridgehead atoms. The van der Waals surface area contributed by atoms with E-state index in [9.17, 15) is 23.3 Å². The van der Waals surface area contributed by atoms with E-state index in [4.69, 9.17) is 16.3 Å². The van der Waals surface area contributed by atoms with Crippen molar-refractivity contribution in [2.75, 3.05) is 12.4 Å². The number of anilines is 1. The third kappa shape index (κ3) is 4.27. The second-order valence-corrected chi connectivity index (χ2v) is 8.40. The van der Waals surface area contributed by atoms with E-state index in [0.29, 0.717) is 11.4 Å². The number of hydrogen-bond acceptors (Lipinski definition) is 6. The van der Waals surface area contributed by atoms with Gasteiger partial charge in [-0.2, -0.15) is 0 Å². The highest BCUT2D eigenvalue weighted by Crippen LogP contribution is 2.30. The van der Waals surface area contributed by atoms with Gasteiger partial charge in [0.05, 0.1) is 33.1 Å². The molecule has 0 spiro atoms. The van der Waals surface area contributed by atoms with Crippen LogP contribution in [0.1, 0.15) is 10.4 Å². The molecule has 0 unspecified atom stereocenters. The minimum atomic E-state index is -4.16. The van der Waals surface area contributed by atoms with Gasteiger partial charge < -0.3 is 10.1 Å². The number of benzene rings is 3. The number of halogens is 1. The summed E-state index contributed by atoms with van der Waals surface area (Å²) in [6.45, 7) is 0. The summed E-state index contributed by atoms with van der Waals surface area (Å²) in [5.74, 6) is -0.310. The summed E-state index contributed by atoms with van der Waals surface area (Å²) >= 11 is 6.00. The maximum absolute atomic E-state index is 13.1. The van der Waals surface area contributed by atoms with E-state index in [-0.39, 0.29) is 26.1 Å². The summed E-state index contributed by atoms with van der Waals surface area (Å²) in [4.78, 5) is 22.6. The van der Waals surface area contributed by atoms with Crippen LogP contribution in [0.15, 0.2) is 76.5 Å². The highest BCUT2D eigenvalue weighted by Gasteiger charge is 2.26. The molecule has 0 fully saturated rings. The third-order valence-electron chi connectivity index (χ3n) is 4.19. The number of nitrogens with one attached hydrogen (secondary N) is 1. The Morgan fingerprint density at radius 2 is 1.73 bits per heavy atom. The van der Waals surface area contributed by atoms with Gasteiger partial charge in [0.2, 0.25) is 9.84 Å². The summed E-state index contributed by atoms with van der Waals surface area (Å²) in [5, 5.41) is 13.6. The van der Waals surface area contributed by atoms with Gasteiger partial charge in [0.1, 0.15) is 5.75 Å². The predicted octanol–water partition coefficient (Wildman–Crippen LogP) is 4.34. The third-order valence-corrected chi connectivity index (χ3v) is 6.25. The number of hydrogen-bond donors (Lipinski definition) is 1. The van der Waals surface area contributed by atoms with E-state index >= 15 is 0 Å². The number of para-hydroxylation sites is 2. The lowest BCUT2D eigenvalue weighted by Gasteiger charge is -2.13. The minimum absolute atomic E-state index is 0.169. The zero-order valence-electron chi connectivity index (χ0n) is 15.5. The Kier molecular flexibility index (Phi) is 6.04. The topological polar surface area (TPSA) is 116 Å². The van der Waals surface area contributed by atoms with E-state index in [2.05, 4.69) is 5.32 Å². The van der Waals surface area contributed by atoms with Gasteiger partial charge in [-0.3, -0.25) is 14.9 Å². The summed E-state index contributed by atoms with van der Waals surface area (Å²) in [7, 11) is -2.72. The SMILES string of the molecule is COc1ccccc1NC(=O)c1cc(Cl)ccc1S(=O)(=O)c1ccc([N+](=O)[O-])cc1. The molecule has 0 aliphatic carbocycles. The molecule has 0 radical (unpaired) electrons. The number of amides is 1. The number of rotatable bonds is 6. The minimum Gasteiger partial charge on any atom is -0.495 e.